The lowest BCUT2D eigenvalue weighted by Gasteiger charge is -2.35. The van der Waals surface area contributed by atoms with Crippen LogP contribution in [0.15, 0.2) is 18.2 Å². The Hall–Kier alpha value is -1.53. The fourth-order valence-corrected chi connectivity index (χ4v) is 2.15. The van der Waals surface area contributed by atoms with Gasteiger partial charge in [-0.05, 0) is 12.1 Å². The number of pyridine rings is 1. The molecule has 0 spiro atoms. The highest BCUT2D eigenvalue weighted by molar-refractivity contribution is 5.92. The van der Waals surface area contributed by atoms with E-state index in [9.17, 15) is 14.3 Å². The molecule has 0 unspecified atom stereocenters. The second-order valence-corrected chi connectivity index (χ2v) is 4.84. The molecule has 0 aromatic carbocycles. The minimum absolute atomic E-state index is 0.0400. The first-order valence-corrected chi connectivity index (χ1v) is 6.18. The zero-order chi connectivity index (χ0) is 13.9. The normalized spacial score (nSPS) is 18.1. The largest absolute Gasteiger partial charge is 0.388 e. The number of hydrogen-bond donors (Lipinski definition) is 1. The SMILES string of the molecule is CN(CC1(O)CCOCC1)C(=O)c1cccc(F)n1. The van der Waals surface area contributed by atoms with Gasteiger partial charge in [0, 0.05) is 39.6 Å². The molecule has 1 saturated heterocycles. The van der Waals surface area contributed by atoms with Gasteiger partial charge < -0.3 is 14.7 Å². The van der Waals surface area contributed by atoms with Crippen molar-refractivity contribution in [2.24, 2.45) is 0 Å². The van der Waals surface area contributed by atoms with E-state index in [0.717, 1.165) is 0 Å². The van der Waals surface area contributed by atoms with Crippen molar-refractivity contribution in [1.82, 2.24) is 9.88 Å². The van der Waals surface area contributed by atoms with Crippen LogP contribution in [0.25, 0.3) is 0 Å². The number of carbonyl (C=O) groups is 1. The summed E-state index contributed by atoms with van der Waals surface area (Å²) in [4.78, 5) is 17.0. The van der Waals surface area contributed by atoms with Crippen molar-refractivity contribution in [1.29, 1.82) is 0 Å². The van der Waals surface area contributed by atoms with Crippen molar-refractivity contribution < 1.29 is 19.0 Å². The molecule has 0 radical (unpaired) electrons. The molecule has 5 nitrogen and oxygen atoms in total. The molecule has 0 bridgehead atoms. The Morgan fingerprint density at radius 3 is 2.84 bits per heavy atom. The van der Waals surface area contributed by atoms with Gasteiger partial charge in [0.2, 0.25) is 5.95 Å². The Kier molecular flexibility index (Phi) is 4.11. The van der Waals surface area contributed by atoms with Gasteiger partial charge in [0.05, 0.1) is 5.60 Å². The Labute approximate surface area is 111 Å². The predicted molar refractivity (Wildman–Crippen MR) is 66.2 cm³/mol. The van der Waals surface area contributed by atoms with Crippen molar-refractivity contribution >= 4 is 5.91 Å². The Morgan fingerprint density at radius 2 is 2.21 bits per heavy atom. The lowest BCUT2D eigenvalue weighted by Crippen LogP contribution is -2.47. The van der Waals surface area contributed by atoms with Crippen molar-refractivity contribution in [2.75, 3.05) is 26.8 Å². The number of amides is 1. The van der Waals surface area contributed by atoms with Crippen LogP contribution in [0, 0.1) is 5.95 Å². The summed E-state index contributed by atoms with van der Waals surface area (Å²) in [7, 11) is 1.57. The number of aromatic nitrogens is 1. The second-order valence-electron chi connectivity index (χ2n) is 4.84. The monoisotopic (exact) mass is 268 g/mol. The van der Waals surface area contributed by atoms with Gasteiger partial charge in [-0.3, -0.25) is 4.79 Å². The molecule has 1 N–H and O–H groups in total. The molecule has 2 rings (SSSR count). The molecule has 1 fully saturated rings. The fraction of sp³-hybridized carbons (Fsp3) is 0.538. The number of carbonyl (C=O) groups excluding carboxylic acids is 1. The maximum absolute atomic E-state index is 13.0. The third-order valence-electron chi connectivity index (χ3n) is 3.24. The lowest BCUT2D eigenvalue weighted by molar-refractivity contribution is -0.0734. The first-order chi connectivity index (χ1) is 9.00. The molecule has 0 atom stereocenters. The summed E-state index contributed by atoms with van der Waals surface area (Å²) in [5.74, 6) is -1.09. The van der Waals surface area contributed by atoms with E-state index in [0.29, 0.717) is 26.1 Å². The Morgan fingerprint density at radius 1 is 1.53 bits per heavy atom. The standard InChI is InChI=1S/C13H17FN2O3/c1-16(9-13(18)5-7-19-8-6-13)12(17)10-3-2-4-11(14)15-10/h2-4,18H,5-9H2,1H3. The van der Waals surface area contributed by atoms with E-state index in [-0.39, 0.29) is 12.2 Å². The van der Waals surface area contributed by atoms with Crippen LogP contribution in [0.2, 0.25) is 0 Å². The average molecular weight is 268 g/mol. The summed E-state index contributed by atoms with van der Waals surface area (Å²) >= 11 is 0. The first-order valence-electron chi connectivity index (χ1n) is 6.18. The minimum Gasteiger partial charge on any atom is -0.388 e. The van der Waals surface area contributed by atoms with E-state index >= 15 is 0 Å². The number of nitrogens with zero attached hydrogens (tertiary/aromatic N) is 2. The van der Waals surface area contributed by atoms with E-state index in [2.05, 4.69) is 4.98 Å². The van der Waals surface area contributed by atoms with Gasteiger partial charge >= 0.3 is 0 Å². The van der Waals surface area contributed by atoms with Gasteiger partial charge in [0.15, 0.2) is 0 Å². The molecule has 1 aromatic rings. The molecule has 6 heteroatoms. The molecule has 1 aromatic heterocycles. The fourth-order valence-electron chi connectivity index (χ4n) is 2.15. The van der Waals surface area contributed by atoms with Crippen molar-refractivity contribution in [2.45, 2.75) is 18.4 Å². The van der Waals surface area contributed by atoms with Crippen molar-refractivity contribution in [3.63, 3.8) is 0 Å². The van der Waals surface area contributed by atoms with Crippen LogP contribution in [0.3, 0.4) is 0 Å². The summed E-state index contributed by atoms with van der Waals surface area (Å²) in [6.45, 7) is 1.15. The molecule has 0 aliphatic carbocycles. The molecule has 2 heterocycles. The second kappa shape index (κ2) is 5.63. The van der Waals surface area contributed by atoms with Gasteiger partial charge in [-0.1, -0.05) is 6.07 Å². The third kappa shape index (κ3) is 3.48. The van der Waals surface area contributed by atoms with Crippen LogP contribution in [-0.2, 0) is 4.74 Å². The first kappa shape index (κ1) is 13.9. The Bertz CT molecular complexity index is 461. The molecule has 104 valence electrons. The minimum atomic E-state index is -0.935. The summed E-state index contributed by atoms with van der Waals surface area (Å²) in [6, 6.07) is 4.07. The van der Waals surface area contributed by atoms with Crippen LogP contribution in [0.4, 0.5) is 4.39 Å². The number of likely N-dealkylation sites (N-methyl/N-ethyl adjacent to an activating group) is 1. The van der Waals surface area contributed by atoms with Gasteiger partial charge in [0.25, 0.3) is 5.91 Å². The lowest BCUT2D eigenvalue weighted by atomic mass is 9.94. The number of hydrogen-bond acceptors (Lipinski definition) is 4. The topological polar surface area (TPSA) is 62.7 Å². The van der Waals surface area contributed by atoms with Gasteiger partial charge in [-0.15, -0.1) is 0 Å². The molecule has 1 amide bonds. The quantitative estimate of drug-likeness (QED) is 0.825. The zero-order valence-electron chi connectivity index (χ0n) is 10.8. The predicted octanol–water partition coefficient (Wildman–Crippen LogP) is 0.834. The molecule has 19 heavy (non-hydrogen) atoms. The van der Waals surface area contributed by atoms with E-state index in [1.807, 2.05) is 0 Å². The van der Waals surface area contributed by atoms with E-state index < -0.39 is 17.5 Å². The summed E-state index contributed by atoms with van der Waals surface area (Å²) < 4.78 is 18.2. The highest BCUT2D eigenvalue weighted by Gasteiger charge is 2.32. The summed E-state index contributed by atoms with van der Waals surface area (Å²) in [5.41, 5.74) is -0.895. The highest BCUT2D eigenvalue weighted by atomic mass is 19.1. The van der Waals surface area contributed by atoms with Crippen LogP contribution in [0.1, 0.15) is 23.3 Å². The number of halogens is 1. The summed E-state index contributed by atoms with van der Waals surface area (Å²) in [5, 5.41) is 10.3. The van der Waals surface area contributed by atoms with Gasteiger partial charge in [0.1, 0.15) is 5.69 Å². The molecule has 0 saturated carbocycles. The van der Waals surface area contributed by atoms with Crippen molar-refractivity contribution in [3.8, 4) is 0 Å². The van der Waals surface area contributed by atoms with Crippen LogP contribution in [0.5, 0.6) is 0 Å². The zero-order valence-corrected chi connectivity index (χ0v) is 10.8. The molecule has 1 aliphatic heterocycles. The number of ether oxygens (including phenoxy) is 1. The smallest absolute Gasteiger partial charge is 0.272 e. The highest BCUT2D eigenvalue weighted by Crippen LogP contribution is 2.21. The van der Waals surface area contributed by atoms with E-state index in [1.165, 1.54) is 23.1 Å². The molecular formula is C13H17FN2O3. The third-order valence-corrected chi connectivity index (χ3v) is 3.24. The Balaban J connectivity index is 2.03. The molecular weight excluding hydrogens is 251 g/mol. The maximum Gasteiger partial charge on any atom is 0.272 e. The summed E-state index contributed by atoms with van der Waals surface area (Å²) in [6.07, 6.45) is 0.975. The number of aliphatic hydroxyl groups is 1. The van der Waals surface area contributed by atoms with Gasteiger partial charge in [-0.2, -0.15) is 4.39 Å². The van der Waals surface area contributed by atoms with Crippen LogP contribution in [-0.4, -0.2) is 53.3 Å². The van der Waals surface area contributed by atoms with Crippen LogP contribution < -0.4 is 0 Å². The molecule has 1 aliphatic rings. The van der Waals surface area contributed by atoms with E-state index in [1.54, 1.807) is 7.05 Å². The van der Waals surface area contributed by atoms with Gasteiger partial charge in [-0.25, -0.2) is 4.98 Å². The maximum atomic E-state index is 13.0. The van der Waals surface area contributed by atoms with E-state index in [4.69, 9.17) is 4.74 Å². The van der Waals surface area contributed by atoms with Crippen LogP contribution >= 0.6 is 0 Å². The number of rotatable bonds is 3. The average Bonchev–Trinajstić information content (AvgIpc) is 2.38. The van der Waals surface area contributed by atoms with Crippen molar-refractivity contribution in [3.05, 3.63) is 29.8 Å².